The molecule has 1 unspecified atom stereocenters. The Bertz CT molecular complexity index is 522. The Hall–Kier alpha value is -1.27. The minimum atomic E-state index is -4.34. The summed E-state index contributed by atoms with van der Waals surface area (Å²) in [5.74, 6) is -0.354. The zero-order chi connectivity index (χ0) is 16.2. The van der Waals surface area contributed by atoms with E-state index >= 15 is 0 Å². The van der Waals surface area contributed by atoms with E-state index in [0.717, 1.165) is 10.6 Å². The lowest BCUT2D eigenvalue weighted by Crippen LogP contribution is -2.49. The molecular formula is C15H18ClF3N2O. The Labute approximate surface area is 132 Å². The zero-order valence-corrected chi connectivity index (χ0v) is 12.8. The second-order valence-electron chi connectivity index (χ2n) is 5.41. The molecule has 1 aromatic rings. The molecule has 0 radical (unpaired) electrons. The first-order valence-electron chi connectivity index (χ1n) is 7.23. The van der Waals surface area contributed by atoms with Crippen molar-refractivity contribution in [2.45, 2.75) is 44.3 Å². The summed E-state index contributed by atoms with van der Waals surface area (Å²) in [5.41, 5.74) is 3.30. The van der Waals surface area contributed by atoms with Crippen LogP contribution in [-0.4, -0.2) is 29.7 Å². The molecule has 0 bridgehead atoms. The molecule has 1 aliphatic heterocycles. The molecule has 0 aromatic heterocycles. The molecule has 1 aliphatic rings. The van der Waals surface area contributed by atoms with E-state index in [1.165, 1.54) is 0 Å². The van der Waals surface area contributed by atoms with Crippen molar-refractivity contribution < 1.29 is 18.0 Å². The molecule has 1 heterocycles. The summed E-state index contributed by atoms with van der Waals surface area (Å²) < 4.78 is 39.3. The predicted molar refractivity (Wildman–Crippen MR) is 78.3 cm³/mol. The Morgan fingerprint density at radius 2 is 2.09 bits per heavy atom. The van der Waals surface area contributed by atoms with Crippen LogP contribution in [0.3, 0.4) is 0 Å². The van der Waals surface area contributed by atoms with Gasteiger partial charge in [0.1, 0.15) is 6.04 Å². The predicted octanol–water partition coefficient (Wildman–Crippen LogP) is 3.72. The van der Waals surface area contributed by atoms with E-state index in [1.807, 2.05) is 18.2 Å². The number of halogens is 4. The molecule has 1 atom stereocenters. The number of alkyl halides is 3. The van der Waals surface area contributed by atoms with Gasteiger partial charge in [0, 0.05) is 18.0 Å². The summed E-state index contributed by atoms with van der Waals surface area (Å²) in [4.78, 5) is 11.1. The lowest BCUT2D eigenvalue weighted by atomic mass is 10.0. The van der Waals surface area contributed by atoms with Crippen LogP contribution >= 0.6 is 11.6 Å². The van der Waals surface area contributed by atoms with E-state index in [2.05, 4.69) is 5.43 Å². The van der Waals surface area contributed by atoms with Gasteiger partial charge in [0.2, 0.25) is 5.91 Å². The van der Waals surface area contributed by atoms with E-state index in [9.17, 15) is 18.0 Å². The fraction of sp³-hybridized carbons (Fsp3) is 0.533. The van der Waals surface area contributed by atoms with Crippen LogP contribution < -0.4 is 5.43 Å². The lowest BCUT2D eigenvalue weighted by molar-refractivity contribution is -0.190. The molecular weight excluding hydrogens is 317 g/mol. The van der Waals surface area contributed by atoms with Gasteiger partial charge in [-0.15, -0.1) is 0 Å². The van der Waals surface area contributed by atoms with Crippen LogP contribution in [0.4, 0.5) is 13.2 Å². The van der Waals surface area contributed by atoms with Gasteiger partial charge in [0.15, 0.2) is 0 Å². The molecule has 122 valence electrons. The summed E-state index contributed by atoms with van der Waals surface area (Å²) in [6, 6.07) is 5.71. The number of nitrogens with zero attached hydrogens (tertiary/aromatic N) is 1. The van der Waals surface area contributed by atoms with Crippen molar-refractivity contribution in [2.24, 2.45) is 0 Å². The van der Waals surface area contributed by atoms with Gasteiger partial charge in [-0.25, -0.2) is 5.01 Å². The van der Waals surface area contributed by atoms with Crippen molar-refractivity contribution in [1.82, 2.24) is 10.4 Å². The number of unbranched alkanes of at least 4 members (excludes halogenated alkanes) is 1. The van der Waals surface area contributed by atoms with Crippen LogP contribution in [0.5, 0.6) is 0 Å². The number of hydrazine groups is 1. The summed E-state index contributed by atoms with van der Waals surface area (Å²) in [7, 11) is 0. The number of aryl methyl sites for hydroxylation is 1. The maximum Gasteiger partial charge on any atom is 0.405 e. The summed E-state index contributed by atoms with van der Waals surface area (Å²) in [6.07, 6.45) is -2.47. The summed E-state index contributed by atoms with van der Waals surface area (Å²) >= 11 is 5.87. The van der Waals surface area contributed by atoms with Crippen molar-refractivity contribution in [3.63, 3.8) is 0 Å². The number of carbonyl (C=O) groups is 1. The van der Waals surface area contributed by atoms with Gasteiger partial charge >= 0.3 is 6.18 Å². The van der Waals surface area contributed by atoms with Crippen LogP contribution in [0.15, 0.2) is 24.3 Å². The van der Waals surface area contributed by atoms with E-state index in [-0.39, 0.29) is 25.3 Å². The molecule has 2 rings (SSSR count). The molecule has 1 saturated heterocycles. The highest BCUT2D eigenvalue weighted by Gasteiger charge is 2.45. The van der Waals surface area contributed by atoms with Gasteiger partial charge in [0.05, 0.1) is 0 Å². The van der Waals surface area contributed by atoms with Crippen molar-refractivity contribution in [2.75, 3.05) is 6.54 Å². The number of hydrogen-bond acceptors (Lipinski definition) is 2. The highest BCUT2D eigenvalue weighted by molar-refractivity contribution is 6.30. The number of carbonyl (C=O) groups excluding carboxylic acids is 1. The van der Waals surface area contributed by atoms with Crippen LogP contribution in [0.1, 0.15) is 31.2 Å². The fourth-order valence-electron chi connectivity index (χ4n) is 2.58. The Balaban J connectivity index is 1.83. The van der Waals surface area contributed by atoms with Crippen LogP contribution in [0.25, 0.3) is 0 Å². The molecule has 22 heavy (non-hydrogen) atoms. The summed E-state index contributed by atoms with van der Waals surface area (Å²) in [5, 5.41) is 1.65. The third-order valence-electron chi connectivity index (χ3n) is 3.68. The monoisotopic (exact) mass is 334 g/mol. The van der Waals surface area contributed by atoms with E-state index < -0.39 is 12.2 Å². The zero-order valence-electron chi connectivity index (χ0n) is 12.0. The van der Waals surface area contributed by atoms with Gasteiger partial charge < -0.3 is 0 Å². The van der Waals surface area contributed by atoms with Gasteiger partial charge in [-0.3, -0.25) is 10.2 Å². The molecule has 0 aliphatic carbocycles. The second kappa shape index (κ2) is 7.33. The molecule has 0 saturated carbocycles. The number of nitrogens with one attached hydrogen (secondary N) is 1. The standard InChI is InChI=1S/C15H18ClF3N2O/c16-12-6-3-5-11(10-12)4-1-2-7-13(15(17,18)19)21-9-8-14(22)20-21/h3,5-6,10,13H,1-2,4,7-9H2,(H,20,22). The Morgan fingerprint density at radius 3 is 2.68 bits per heavy atom. The molecule has 7 heteroatoms. The van der Waals surface area contributed by atoms with Crippen molar-refractivity contribution >= 4 is 17.5 Å². The highest BCUT2D eigenvalue weighted by atomic mass is 35.5. The average Bonchev–Trinajstić information content (AvgIpc) is 2.83. The SMILES string of the molecule is O=C1CCN(C(CCCCc2cccc(Cl)c2)C(F)(F)F)N1. The molecule has 0 spiro atoms. The van der Waals surface area contributed by atoms with Gasteiger partial charge in [-0.1, -0.05) is 30.2 Å². The first-order chi connectivity index (χ1) is 10.4. The normalized spacial score (nSPS) is 17.5. The van der Waals surface area contributed by atoms with Gasteiger partial charge in [-0.2, -0.15) is 13.2 Å². The number of hydrogen-bond donors (Lipinski definition) is 1. The first-order valence-corrected chi connectivity index (χ1v) is 7.61. The van der Waals surface area contributed by atoms with E-state index in [1.54, 1.807) is 6.07 Å². The quantitative estimate of drug-likeness (QED) is 0.804. The maximum absolute atomic E-state index is 13.1. The van der Waals surface area contributed by atoms with Gasteiger partial charge in [-0.05, 0) is 37.0 Å². The number of rotatable bonds is 6. The average molecular weight is 335 g/mol. The summed E-state index contributed by atoms with van der Waals surface area (Å²) in [6.45, 7) is 0.108. The van der Waals surface area contributed by atoms with Crippen molar-refractivity contribution in [3.8, 4) is 0 Å². The highest BCUT2D eigenvalue weighted by Crippen LogP contribution is 2.29. The largest absolute Gasteiger partial charge is 0.405 e. The topological polar surface area (TPSA) is 32.3 Å². The minimum absolute atomic E-state index is 0.0235. The van der Waals surface area contributed by atoms with E-state index in [0.29, 0.717) is 24.3 Å². The molecule has 1 N–H and O–H groups in total. The fourth-order valence-corrected chi connectivity index (χ4v) is 2.80. The third kappa shape index (κ3) is 4.88. The molecule has 1 fully saturated rings. The van der Waals surface area contributed by atoms with Crippen LogP contribution in [-0.2, 0) is 11.2 Å². The number of benzene rings is 1. The third-order valence-corrected chi connectivity index (χ3v) is 3.92. The van der Waals surface area contributed by atoms with Crippen LogP contribution in [0.2, 0.25) is 5.02 Å². The molecule has 1 aromatic carbocycles. The van der Waals surface area contributed by atoms with E-state index in [4.69, 9.17) is 11.6 Å². The van der Waals surface area contributed by atoms with Gasteiger partial charge in [0.25, 0.3) is 0 Å². The van der Waals surface area contributed by atoms with Crippen molar-refractivity contribution in [1.29, 1.82) is 0 Å². The maximum atomic E-state index is 13.1. The van der Waals surface area contributed by atoms with Crippen LogP contribution in [0, 0.1) is 0 Å². The second-order valence-corrected chi connectivity index (χ2v) is 5.85. The van der Waals surface area contributed by atoms with Crippen molar-refractivity contribution in [3.05, 3.63) is 34.9 Å². The Morgan fingerprint density at radius 1 is 1.32 bits per heavy atom. The number of amides is 1. The lowest BCUT2D eigenvalue weighted by Gasteiger charge is -2.28. The molecule has 1 amide bonds. The smallest absolute Gasteiger partial charge is 0.288 e. The minimum Gasteiger partial charge on any atom is -0.288 e. The molecule has 3 nitrogen and oxygen atoms in total. The Kier molecular flexibility index (Phi) is 5.69. The first kappa shape index (κ1) is 17.1.